The summed E-state index contributed by atoms with van der Waals surface area (Å²) in [6, 6.07) is 21.8. The number of rotatable bonds is 9. The number of carboxylic acids is 1. The summed E-state index contributed by atoms with van der Waals surface area (Å²) in [5.74, 6) is -0.571. The van der Waals surface area contributed by atoms with E-state index in [-0.39, 0.29) is 18.0 Å². The Labute approximate surface area is 207 Å². The number of fused-ring (bicyclic) bond motifs is 1. The van der Waals surface area contributed by atoms with Crippen molar-refractivity contribution in [3.05, 3.63) is 89.0 Å². The number of benzene rings is 3. The van der Waals surface area contributed by atoms with Gasteiger partial charge in [-0.1, -0.05) is 61.5 Å². The Morgan fingerprint density at radius 3 is 2.53 bits per heavy atom. The molecule has 180 valence electrons. The lowest BCUT2D eigenvalue weighted by Crippen LogP contribution is -2.37. The first-order chi connectivity index (χ1) is 16.0. The summed E-state index contributed by atoms with van der Waals surface area (Å²) in [5, 5.41) is 23.5. The van der Waals surface area contributed by atoms with Gasteiger partial charge >= 0.3 is 5.97 Å². The van der Waals surface area contributed by atoms with E-state index in [9.17, 15) is 15.0 Å². The zero-order valence-electron chi connectivity index (χ0n) is 19.4. The largest absolute Gasteiger partial charge is 0.493 e. The van der Waals surface area contributed by atoms with Crippen LogP contribution in [-0.4, -0.2) is 35.4 Å². The minimum Gasteiger partial charge on any atom is -0.493 e. The monoisotopic (exact) mass is 481 g/mol. The van der Waals surface area contributed by atoms with Gasteiger partial charge in [0.15, 0.2) is 0 Å². The van der Waals surface area contributed by atoms with Crippen LogP contribution in [0.3, 0.4) is 0 Å². The highest BCUT2D eigenvalue weighted by Gasteiger charge is 2.20. The van der Waals surface area contributed by atoms with Crippen molar-refractivity contribution >= 4 is 18.4 Å². The van der Waals surface area contributed by atoms with Gasteiger partial charge in [-0.05, 0) is 65.6 Å². The van der Waals surface area contributed by atoms with Crippen LogP contribution >= 0.6 is 12.4 Å². The molecule has 5 nitrogen and oxygen atoms in total. The molecule has 4 rings (SSSR count). The molecule has 0 spiro atoms. The van der Waals surface area contributed by atoms with E-state index in [0.717, 1.165) is 42.4 Å². The van der Waals surface area contributed by atoms with Gasteiger partial charge in [0.2, 0.25) is 0 Å². The summed E-state index contributed by atoms with van der Waals surface area (Å²) in [4.78, 5) is 11.6. The summed E-state index contributed by atoms with van der Waals surface area (Å²) >= 11 is 0. The predicted molar refractivity (Wildman–Crippen MR) is 137 cm³/mol. The van der Waals surface area contributed by atoms with E-state index in [2.05, 4.69) is 23.5 Å². The molecule has 1 aliphatic carbocycles. The summed E-state index contributed by atoms with van der Waals surface area (Å²) in [7, 11) is 0. The maximum Gasteiger partial charge on any atom is 0.339 e. The van der Waals surface area contributed by atoms with Gasteiger partial charge in [0, 0.05) is 12.6 Å². The average molecular weight is 482 g/mol. The fraction of sp³-hybridized carbons (Fsp3) is 0.321. The number of aromatic carboxylic acids is 1. The molecule has 0 saturated carbocycles. The molecular weight excluding hydrogens is 450 g/mol. The Bertz CT molecular complexity index is 1100. The normalized spacial score (nSPS) is 15.6. The molecule has 0 radical (unpaired) electrons. The highest BCUT2D eigenvalue weighted by atomic mass is 35.5. The van der Waals surface area contributed by atoms with E-state index in [1.807, 2.05) is 49.4 Å². The van der Waals surface area contributed by atoms with Crippen molar-refractivity contribution in [3.63, 3.8) is 0 Å². The lowest BCUT2D eigenvalue weighted by atomic mass is 9.86. The number of hydrogen-bond acceptors (Lipinski definition) is 4. The number of carbonyl (C=O) groups is 1. The maximum absolute atomic E-state index is 11.6. The van der Waals surface area contributed by atoms with Crippen molar-refractivity contribution in [2.75, 3.05) is 13.2 Å². The molecule has 3 aromatic rings. The number of aliphatic hydroxyl groups is 1. The SMILES string of the molecule is CCCOc1cc(-c2ccc3c(c2)C[C@@H](NC[C@H](O)c2ccccc2)CC3)ccc1C(=O)O.Cl. The van der Waals surface area contributed by atoms with Crippen molar-refractivity contribution < 1.29 is 19.7 Å². The summed E-state index contributed by atoms with van der Waals surface area (Å²) in [6.45, 7) is 3.01. The Morgan fingerprint density at radius 1 is 1.06 bits per heavy atom. The van der Waals surface area contributed by atoms with Crippen molar-refractivity contribution in [1.82, 2.24) is 5.32 Å². The molecule has 34 heavy (non-hydrogen) atoms. The summed E-state index contributed by atoms with van der Waals surface area (Å²) in [6.07, 6.45) is 3.23. The zero-order chi connectivity index (χ0) is 23.2. The minimum atomic E-state index is -0.982. The third-order valence-electron chi connectivity index (χ3n) is 6.23. The fourth-order valence-electron chi connectivity index (χ4n) is 4.39. The lowest BCUT2D eigenvalue weighted by molar-refractivity contribution is 0.0692. The Morgan fingerprint density at radius 2 is 1.79 bits per heavy atom. The Balaban J connectivity index is 0.00000324. The third-order valence-corrected chi connectivity index (χ3v) is 6.23. The van der Waals surface area contributed by atoms with Crippen LogP contribution in [0.5, 0.6) is 5.75 Å². The number of aliphatic hydroxyl groups excluding tert-OH is 1. The molecule has 0 aliphatic heterocycles. The van der Waals surface area contributed by atoms with E-state index < -0.39 is 12.1 Å². The molecular formula is C28H32ClNO4. The van der Waals surface area contributed by atoms with Crippen LogP contribution in [0.2, 0.25) is 0 Å². The second kappa shape index (κ2) is 12.0. The summed E-state index contributed by atoms with van der Waals surface area (Å²) < 4.78 is 5.72. The number of hydrogen-bond donors (Lipinski definition) is 3. The molecule has 0 fully saturated rings. The van der Waals surface area contributed by atoms with Crippen LogP contribution in [0.1, 0.15) is 52.9 Å². The molecule has 3 aromatic carbocycles. The number of ether oxygens (including phenoxy) is 1. The van der Waals surface area contributed by atoms with Crippen LogP contribution < -0.4 is 10.1 Å². The quantitative estimate of drug-likeness (QED) is 0.379. The van der Waals surface area contributed by atoms with E-state index in [0.29, 0.717) is 24.9 Å². The van der Waals surface area contributed by atoms with Gasteiger partial charge in [0.25, 0.3) is 0 Å². The van der Waals surface area contributed by atoms with Crippen LogP contribution in [-0.2, 0) is 12.8 Å². The van der Waals surface area contributed by atoms with Crippen LogP contribution in [0.15, 0.2) is 66.7 Å². The number of aryl methyl sites for hydroxylation is 1. The minimum absolute atomic E-state index is 0. The first-order valence-corrected chi connectivity index (χ1v) is 11.6. The maximum atomic E-state index is 11.6. The van der Waals surface area contributed by atoms with Crippen molar-refractivity contribution in [2.24, 2.45) is 0 Å². The second-order valence-corrected chi connectivity index (χ2v) is 8.62. The third kappa shape index (κ3) is 6.17. The molecule has 1 aliphatic rings. The van der Waals surface area contributed by atoms with Gasteiger partial charge in [-0.2, -0.15) is 0 Å². The fourth-order valence-corrected chi connectivity index (χ4v) is 4.39. The van der Waals surface area contributed by atoms with Gasteiger partial charge in [0.05, 0.1) is 12.7 Å². The Kier molecular flexibility index (Phi) is 9.11. The van der Waals surface area contributed by atoms with Crippen LogP contribution in [0, 0.1) is 0 Å². The van der Waals surface area contributed by atoms with E-state index in [1.54, 1.807) is 6.07 Å². The van der Waals surface area contributed by atoms with Crippen molar-refractivity contribution in [3.8, 4) is 16.9 Å². The van der Waals surface area contributed by atoms with Gasteiger partial charge in [0.1, 0.15) is 11.3 Å². The zero-order valence-corrected chi connectivity index (χ0v) is 20.2. The van der Waals surface area contributed by atoms with Gasteiger partial charge < -0.3 is 20.3 Å². The standard InChI is InChI=1S/C28H31NO4.ClH/c1-2-14-33-27-17-22(11-13-25(27)28(31)32)21-9-8-19-10-12-24(16-23(19)15-21)29-18-26(30)20-6-4-3-5-7-20;/h3-9,11,13,15,17,24,26,29-30H,2,10,12,14,16,18H2,1H3,(H,31,32);1H/t24-,26-;/m0./s1. The highest BCUT2D eigenvalue weighted by molar-refractivity contribution is 5.92. The van der Waals surface area contributed by atoms with Crippen molar-refractivity contribution in [1.29, 1.82) is 0 Å². The molecule has 0 unspecified atom stereocenters. The number of halogens is 1. The molecule has 6 heteroatoms. The van der Waals surface area contributed by atoms with Gasteiger partial charge in [-0.15, -0.1) is 12.4 Å². The van der Waals surface area contributed by atoms with Crippen LogP contribution in [0.4, 0.5) is 0 Å². The van der Waals surface area contributed by atoms with E-state index >= 15 is 0 Å². The molecule has 0 saturated heterocycles. The Hall–Kier alpha value is -2.86. The van der Waals surface area contributed by atoms with E-state index in [4.69, 9.17) is 4.74 Å². The highest BCUT2D eigenvalue weighted by Crippen LogP contribution is 2.31. The average Bonchev–Trinajstić information content (AvgIpc) is 2.85. The lowest BCUT2D eigenvalue weighted by Gasteiger charge is -2.27. The molecule has 0 aromatic heterocycles. The second-order valence-electron chi connectivity index (χ2n) is 8.62. The van der Waals surface area contributed by atoms with E-state index in [1.165, 1.54) is 11.1 Å². The van der Waals surface area contributed by atoms with Crippen molar-refractivity contribution in [2.45, 2.75) is 44.8 Å². The molecule has 2 atom stereocenters. The van der Waals surface area contributed by atoms with Gasteiger partial charge in [-0.3, -0.25) is 0 Å². The van der Waals surface area contributed by atoms with Gasteiger partial charge in [-0.25, -0.2) is 4.79 Å². The van der Waals surface area contributed by atoms with Crippen LogP contribution in [0.25, 0.3) is 11.1 Å². The summed E-state index contributed by atoms with van der Waals surface area (Å²) in [5.41, 5.74) is 5.76. The smallest absolute Gasteiger partial charge is 0.339 e. The first-order valence-electron chi connectivity index (χ1n) is 11.6. The predicted octanol–water partition coefficient (Wildman–Crippen LogP) is 5.44. The number of nitrogens with one attached hydrogen (secondary N) is 1. The number of carboxylic acid groups (broad SMARTS) is 1. The topological polar surface area (TPSA) is 78.8 Å². The molecule has 0 bridgehead atoms. The first kappa shape index (κ1) is 25.8. The molecule has 0 amide bonds. The molecule has 0 heterocycles. The molecule has 3 N–H and O–H groups in total.